The molecule has 2 N–H and O–H groups in total. The Hall–Kier alpha value is -2.76. The highest BCUT2D eigenvalue weighted by molar-refractivity contribution is 5.94. The minimum atomic E-state index is -0.438. The number of rotatable bonds is 3. The molecule has 0 bridgehead atoms. The van der Waals surface area contributed by atoms with Crippen molar-refractivity contribution >= 4 is 17.7 Å². The first-order valence-corrected chi connectivity index (χ1v) is 8.91. The van der Waals surface area contributed by atoms with Crippen molar-refractivity contribution in [1.82, 2.24) is 10.3 Å². The second-order valence-electron chi connectivity index (χ2n) is 7.00. The zero-order valence-electron chi connectivity index (χ0n) is 15.6. The lowest BCUT2D eigenvalue weighted by atomic mass is 9.89. The van der Waals surface area contributed by atoms with E-state index in [2.05, 4.69) is 10.3 Å². The maximum Gasteiger partial charge on any atom is 0.407 e. The molecule has 0 saturated carbocycles. The molecule has 2 aromatic rings. The highest BCUT2D eigenvalue weighted by Crippen LogP contribution is 2.39. The minimum Gasteiger partial charge on any atom is -0.447 e. The number of nitrogens with one attached hydrogen (secondary N) is 2. The Morgan fingerprint density at radius 2 is 2.04 bits per heavy atom. The van der Waals surface area contributed by atoms with Crippen LogP contribution in [0.5, 0.6) is 0 Å². The fourth-order valence-electron chi connectivity index (χ4n) is 3.55. The summed E-state index contributed by atoms with van der Waals surface area (Å²) in [4.78, 5) is 29.2. The van der Waals surface area contributed by atoms with Crippen LogP contribution in [0.3, 0.4) is 0 Å². The van der Waals surface area contributed by atoms with Crippen molar-refractivity contribution in [1.29, 1.82) is 0 Å². The molecule has 0 radical (unpaired) electrons. The standard InChI is InChI=1S/C20H25N3O3/c1-12(2)26-20(25)22-18-9-13(3)23(14(4)24)19-6-5-15(10-17(18)19)16-7-8-21-11-16/h5-8,10-13,18,21H,9H2,1-4H3,(H,22,25). The summed E-state index contributed by atoms with van der Waals surface area (Å²) in [5.74, 6) is -0.00338. The van der Waals surface area contributed by atoms with Gasteiger partial charge in [-0.25, -0.2) is 4.79 Å². The van der Waals surface area contributed by atoms with E-state index >= 15 is 0 Å². The van der Waals surface area contributed by atoms with Gasteiger partial charge in [-0.15, -0.1) is 0 Å². The number of benzene rings is 1. The van der Waals surface area contributed by atoms with Crippen molar-refractivity contribution in [2.24, 2.45) is 0 Å². The third-order valence-corrected chi connectivity index (χ3v) is 4.59. The maximum absolute atomic E-state index is 12.2. The molecule has 0 fully saturated rings. The topological polar surface area (TPSA) is 74.4 Å². The van der Waals surface area contributed by atoms with E-state index in [-0.39, 0.29) is 24.1 Å². The number of carbonyl (C=O) groups is 2. The van der Waals surface area contributed by atoms with Gasteiger partial charge < -0.3 is 19.9 Å². The van der Waals surface area contributed by atoms with Crippen LogP contribution in [0.4, 0.5) is 10.5 Å². The highest BCUT2D eigenvalue weighted by Gasteiger charge is 2.33. The first-order valence-electron chi connectivity index (χ1n) is 8.91. The van der Waals surface area contributed by atoms with Crippen molar-refractivity contribution in [2.75, 3.05) is 4.90 Å². The molecular weight excluding hydrogens is 330 g/mol. The number of aromatic amines is 1. The zero-order chi connectivity index (χ0) is 18.8. The molecule has 26 heavy (non-hydrogen) atoms. The van der Waals surface area contributed by atoms with Gasteiger partial charge in [-0.3, -0.25) is 4.79 Å². The van der Waals surface area contributed by atoms with E-state index in [0.717, 1.165) is 22.4 Å². The summed E-state index contributed by atoms with van der Waals surface area (Å²) in [6, 6.07) is 7.77. The van der Waals surface area contributed by atoms with Crippen LogP contribution < -0.4 is 10.2 Å². The Bertz CT molecular complexity index is 799. The van der Waals surface area contributed by atoms with Crippen LogP contribution in [-0.2, 0) is 9.53 Å². The third kappa shape index (κ3) is 3.59. The SMILES string of the molecule is CC(=O)N1c2ccc(-c3cc[nH]c3)cc2C(NC(=O)OC(C)C)CC1C. The van der Waals surface area contributed by atoms with E-state index in [0.29, 0.717) is 6.42 Å². The summed E-state index contributed by atoms with van der Waals surface area (Å²) in [6.45, 7) is 7.20. The molecule has 2 amide bonds. The molecule has 1 aromatic carbocycles. The fourth-order valence-corrected chi connectivity index (χ4v) is 3.55. The predicted molar refractivity (Wildman–Crippen MR) is 101 cm³/mol. The van der Waals surface area contributed by atoms with Gasteiger partial charge in [0.1, 0.15) is 0 Å². The number of anilines is 1. The highest BCUT2D eigenvalue weighted by atomic mass is 16.6. The van der Waals surface area contributed by atoms with Crippen molar-refractivity contribution in [3.05, 3.63) is 42.2 Å². The van der Waals surface area contributed by atoms with Crippen molar-refractivity contribution in [3.8, 4) is 11.1 Å². The van der Waals surface area contributed by atoms with Gasteiger partial charge in [0.15, 0.2) is 0 Å². The maximum atomic E-state index is 12.2. The van der Waals surface area contributed by atoms with Gasteiger partial charge >= 0.3 is 6.09 Å². The van der Waals surface area contributed by atoms with Crippen LogP contribution in [0.2, 0.25) is 0 Å². The second kappa shape index (κ2) is 7.23. The summed E-state index contributed by atoms with van der Waals surface area (Å²) >= 11 is 0. The lowest BCUT2D eigenvalue weighted by Gasteiger charge is -2.39. The molecule has 1 aliphatic rings. The Balaban J connectivity index is 2.00. The molecule has 6 heteroatoms. The van der Waals surface area contributed by atoms with Crippen molar-refractivity contribution in [3.63, 3.8) is 0 Å². The summed E-state index contributed by atoms with van der Waals surface area (Å²) in [7, 11) is 0. The van der Waals surface area contributed by atoms with Crippen molar-refractivity contribution < 1.29 is 14.3 Å². The number of hydrogen-bond donors (Lipinski definition) is 2. The summed E-state index contributed by atoms with van der Waals surface area (Å²) < 4.78 is 5.24. The van der Waals surface area contributed by atoms with E-state index in [1.807, 2.05) is 57.4 Å². The Morgan fingerprint density at radius 3 is 2.65 bits per heavy atom. The number of hydrogen-bond acceptors (Lipinski definition) is 3. The number of aromatic nitrogens is 1. The van der Waals surface area contributed by atoms with Crippen LogP contribution in [0, 0.1) is 0 Å². The van der Waals surface area contributed by atoms with E-state index in [4.69, 9.17) is 4.74 Å². The monoisotopic (exact) mass is 355 g/mol. The fraction of sp³-hybridized carbons (Fsp3) is 0.400. The van der Waals surface area contributed by atoms with Gasteiger partial charge in [0.2, 0.25) is 5.91 Å². The molecule has 1 aliphatic heterocycles. The number of ether oxygens (including phenoxy) is 1. The third-order valence-electron chi connectivity index (χ3n) is 4.59. The van der Waals surface area contributed by atoms with Crippen LogP contribution in [0.1, 0.15) is 45.7 Å². The van der Waals surface area contributed by atoms with Crippen LogP contribution >= 0.6 is 0 Å². The Kier molecular flexibility index (Phi) is 5.02. The molecule has 3 rings (SSSR count). The van der Waals surface area contributed by atoms with E-state index in [1.54, 1.807) is 11.8 Å². The second-order valence-corrected chi connectivity index (χ2v) is 7.00. The first kappa shape index (κ1) is 18.0. The van der Waals surface area contributed by atoms with Gasteiger partial charge in [-0.1, -0.05) is 6.07 Å². The molecule has 0 saturated heterocycles. The number of fused-ring (bicyclic) bond motifs is 1. The van der Waals surface area contributed by atoms with Gasteiger partial charge in [0, 0.05) is 31.0 Å². The van der Waals surface area contributed by atoms with Crippen molar-refractivity contribution in [2.45, 2.75) is 52.3 Å². The molecular formula is C20H25N3O3. The minimum absolute atomic E-state index is 0.00338. The molecule has 0 spiro atoms. The number of carbonyl (C=O) groups excluding carboxylic acids is 2. The van der Waals surface area contributed by atoms with Crippen LogP contribution in [0.25, 0.3) is 11.1 Å². The zero-order valence-corrected chi connectivity index (χ0v) is 15.6. The molecule has 0 aliphatic carbocycles. The van der Waals surface area contributed by atoms with Gasteiger partial charge in [0.25, 0.3) is 0 Å². The summed E-state index contributed by atoms with van der Waals surface area (Å²) in [6.07, 6.45) is 3.80. The van der Waals surface area contributed by atoms with Gasteiger partial charge in [-0.2, -0.15) is 0 Å². The van der Waals surface area contributed by atoms with Crippen LogP contribution in [0.15, 0.2) is 36.7 Å². The number of H-pyrrole nitrogens is 1. The Morgan fingerprint density at radius 1 is 1.27 bits per heavy atom. The summed E-state index contributed by atoms with van der Waals surface area (Å²) in [5, 5.41) is 2.96. The number of alkyl carbamates (subject to hydrolysis) is 1. The molecule has 138 valence electrons. The average Bonchev–Trinajstić information content (AvgIpc) is 3.07. The van der Waals surface area contributed by atoms with E-state index < -0.39 is 6.09 Å². The largest absolute Gasteiger partial charge is 0.447 e. The normalized spacial score (nSPS) is 19.2. The smallest absolute Gasteiger partial charge is 0.407 e. The van der Waals surface area contributed by atoms with E-state index in [9.17, 15) is 9.59 Å². The van der Waals surface area contributed by atoms with Gasteiger partial charge in [-0.05, 0) is 62.1 Å². The van der Waals surface area contributed by atoms with Gasteiger partial charge in [0.05, 0.1) is 12.1 Å². The predicted octanol–water partition coefficient (Wildman–Crippen LogP) is 4.00. The molecule has 6 nitrogen and oxygen atoms in total. The lowest BCUT2D eigenvalue weighted by Crippen LogP contribution is -2.45. The lowest BCUT2D eigenvalue weighted by molar-refractivity contribution is -0.117. The molecule has 2 unspecified atom stereocenters. The molecule has 1 aromatic heterocycles. The Labute approximate surface area is 153 Å². The van der Waals surface area contributed by atoms with E-state index in [1.165, 1.54) is 0 Å². The average molecular weight is 355 g/mol. The summed E-state index contributed by atoms with van der Waals surface area (Å²) in [5.41, 5.74) is 3.86. The number of nitrogens with zero attached hydrogens (tertiary/aromatic N) is 1. The number of amides is 2. The molecule has 2 heterocycles. The first-order chi connectivity index (χ1) is 12.4. The quantitative estimate of drug-likeness (QED) is 0.874. The molecule has 2 atom stereocenters. The van der Waals surface area contributed by atoms with Crippen LogP contribution in [-0.4, -0.2) is 29.1 Å².